The molecule has 1 fully saturated rings. The largest absolute Gasteiger partial charge is 0.480 e. The highest BCUT2D eigenvalue weighted by atomic mass is 16.5. The van der Waals surface area contributed by atoms with Crippen molar-refractivity contribution in [2.75, 3.05) is 46.2 Å². The lowest BCUT2D eigenvalue weighted by Gasteiger charge is -2.17. The minimum atomic E-state index is -0.989. The maximum Gasteiger partial charge on any atom is 0.329 e. The van der Waals surface area contributed by atoms with Gasteiger partial charge in [-0.05, 0) is 24.7 Å². The van der Waals surface area contributed by atoms with Crippen LogP contribution in [0.4, 0.5) is 0 Å². The van der Waals surface area contributed by atoms with Crippen molar-refractivity contribution in [2.45, 2.75) is 12.8 Å². The van der Waals surface area contributed by atoms with Crippen molar-refractivity contribution in [3.05, 3.63) is 12.2 Å². The fourth-order valence-corrected chi connectivity index (χ4v) is 3.06. The van der Waals surface area contributed by atoms with Crippen LogP contribution in [0, 0.1) is 17.8 Å². The molecule has 1 saturated carbocycles. The molecule has 0 spiro atoms. The molecule has 3 unspecified atom stereocenters. The van der Waals surface area contributed by atoms with Crippen molar-refractivity contribution in [3.63, 3.8) is 0 Å². The van der Waals surface area contributed by atoms with E-state index in [2.05, 4.69) is 17.5 Å². The number of rotatable bonds is 12. The average Bonchev–Trinajstić information content (AvgIpc) is 3.15. The zero-order chi connectivity index (χ0) is 16.5. The SMILES string of the molecule is O=C(O)COCCOCCOCCNC(=O)C1CC2C=CC1C2. The maximum atomic E-state index is 12.0. The summed E-state index contributed by atoms with van der Waals surface area (Å²) in [4.78, 5) is 22.2. The summed E-state index contributed by atoms with van der Waals surface area (Å²) in [5, 5.41) is 11.3. The molecule has 2 rings (SSSR count). The highest BCUT2D eigenvalue weighted by Crippen LogP contribution is 2.43. The topological polar surface area (TPSA) is 94.1 Å². The van der Waals surface area contributed by atoms with Crippen LogP contribution in [0.1, 0.15) is 12.8 Å². The molecule has 0 aliphatic heterocycles. The van der Waals surface area contributed by atoms with Gasteiger partial charge in [0.15, 0.2) is 0 Å². The Labute approximate surface area is 136 Å². The second kappa shape index (κ2) is 9.64. The van der Waals surface area contributed by atoms with Crippen molar-refractivity contribution in [1.29, 1.82) is 0 Å². The van der Waals surface area contributed by atoms with E-state index in [4.69, 9.17) is 19.3 Å². The number of fused-ring (bicyclic) bond motifs is 2. The van der Waals surface area contributed by atoms with E-state index in [1.54, 1.807) is 0 Å². The summed E-state index contributed by atoms with van der Waals surface area (Å²) in [6, 6.07) is 0. The van der Waals surface area contributed by atoms with Crippen LogP contribution < -0.4 is 5.32 Å². The van der Waals surface area contributed by atoms with Crippen LogP contribution in [0.15, 0.2) is 12.2 Å². The quantitative estimate of drug-likeness (QED) is 0.399. The third-order valence-corrected chi connectivity index (χ3v) is 4.13. The fraction of sp³-hybridized carbons (Fsp3) is 0.750. The Morgan fingerprint density at radius 2 is 1.70 bits per heavy atom. The van der Waals surface area contributed by atoms with Crippen molar-refractivity contribution in [3.8, 4) is 0 Å². The van der Waals surface area contributed by atoms with Gasteiger partial charge in [0.05, 0.1) is 33.0 Å². The van der Waals surface area contributed by atoms with E-state index in [0.29, 0.717) is 44.8 Å². The van der Waals surface area contributed by atoms with Crippen LogP contribution in [0.2, 0.25) is 0 Å². The van der Waals surface area contributed by atoms with Gasteiger partial charge < -0.3 is 24.6 Å². The van der Waals surface area contributed by atoms with Gasteiger partial charge in [-0.2, -0.15) is 0 Å². The lowest BCUT2D eigenvalue weighted by atomic mass is 9.93. The third kappa shape index (κ3) is 6.29. The van der Waals surface area contributed by atoms with Gasteiger partial charge in [-0.1, -0.05) is 12.2 Å². The predicted molar refractivity (Wildman–Crippen MR) is 81.9 cm³/mol. The smallest absolute Gasteiger partial charge is 0.329 e. The van der Waals surface area contributed by atoms with Gasteiger partial charge in [0.1, 0.15) is 6.61 Å². The van der Waals surface area contributed by atoms with Crippen molar-refractivity contribution < 1.29 is 28.9 Å². The number of amides is 1. The predicted octanol–water partition coefficient (Wildman–Crippen LogP) is 0.449. The van der Waals surface area contributed by atoms with E-state index < -0.39 is 5.97 Å². The molecular formula is C16H25NO6. The lowest BCUT2D eigenvalue weighted by Crippen LogP contribution is -2.35. The molecule has 0 aromatic carbocycles. The number of ether oxygens (including phenoxy) is 3. The van der Waals surface area contributed by atoms with Gasteiger partial charge in [0.2, 0.25) is 5.91 Å². The van der Waals surface area contributed by atoms with Crippen LogP contribution in [-0.4, -0.2) is 63.2 Å². The molecule has 0 aromatic rings. The minimum Gasteiger partial charge on any atom is -0.480 e. The number of hydrogen-bond donors (Lipinski definition) is 2. The molecule has 1 amide bonds. The Hall–Kier alpha value is -1.44. The van der Waals surface area contributed by atoms with E-state index in [1.807, 2.05) is 0 Å². The molecule has 7 heteroatoms. The Morgan fingerprint density at radius 3 is 2.30 bits per heavy atom. The molecule has 2 N–H and O–H groups in total. The molecule has 2 bridgehead atoms. The normalized spacial score (nSPS) is 25.0. The van der Waals surface area contributed by atoms with Gasteiger partial charge in [-0.25, -0.2) is 4.79 Å². The summed E-state index contributed by atoms with van der Waals surface area (Å²) in [5.41, 5.74) is 0. The molecule has 7 nitrogen and oxygen atoms in total. The molecule has 0 radical (unpaired) electrons. The van der Waals surface area contributed by atoms with Crippen LogP contribution in [0.3, 0.4) is 0 Å². The first kappa shape index (κ1) is 17.9. The second-order valence-corrected chi connectivity index (χ2v) is 5.85. The number of carboxylic acid groups (broad SMARTS) is 1. The minimum absolute atomic E-state index is 0.136. The third-order valence-electron chi connectivity index (χ3n) is 4.13. The van der Waals surface area contributed by atoms with Crippen molar-refractivity contribution in [1.82, 2.24) is 5.32 Å². The molecule has 3 atom stereocenters. The van der Waals surface area contributed by atoms with Crippen LogP contribution >= 0.6 is 0 Å². The summed E-state index contributed by atoms with van der Waals surface area (Å²) >= 11 is 0. The van der Waals surface area contributed by atoms with Gasteiger partial charge in [0, 0.05) is 12.5 Å². The Balaban J connectivity index is 1.36. The average molecular weight is 327 g/mol. The zero-order valence-corrected chi connectivity index (χ0v) is 13.2. The highest BCUT2D eigenvalue weighted by molar-refractivity contribution is 5.79. The van der Waals surface area contributed by atoms with E-state index in [1.165, 1.54) is 0 Å². The van der Waals surface area contributed by atoms with E-state index in [0.717, 1.165) is 12.8 Å². The van der Waals surface area contributed by atoms with Crippen LogP contribution in [-0.2, 0) is 23.8 Å². The number of carbonyl (C=O) groups excluding carboxylic acids is 1. The van der Waals surface area contributed by atoms with Crippen molar-refractivity contribution >= 4 is 11.9 Å². The van der Waals surface area contributed by atoms with E-state index in [-0.39, 0.29) is 25.0 Å². The summed E-state index contributed by atoms with van der Waals surface area (Å²) in [5.74, 6) is 0.314. The van der Waals surface area contributed by atoms with Crippen molar-refractivity contribution in [2.24, 2.45) is 17.8 Å². The number of allylic oxidation sites excluding steroid dienone is 2. The lowest BCUT2D eigenvalue weighted by molar-refractivity contribution is -0.142. The molecule has 23 heavy (non-hydrogen) atoms. The van der Waals surface area contributed by atoms with E-state index in [9.17, 15) is 9.59 Å². The summed E-state index contributed by atoms with van der Waals surface area (Å²) in [6.07, 6.45) is 6.50. The van der Waals surface area contributed by atoms with Gasteiger partial charge >= 0.3 is 5.97 Å². The van der Waals surface area contributed by atoms with E-state index >= 15 is 0 Å². The molecule has 130 valence electrons. The molecule has 0 heterocycles. The van der Waals surface area contributed by atoms with Crippen LogP contribution in [0.25, 0.3) is 0 Å². The standard InChI is InChI=1S/C16H25NO6/c18-15(19)11-23-8-7-22-6-5-21-4-3-17-16(20)14-10-12-1-2-13(14)9-12/h1-2,12-14H,3-11H2,(H,17,20)(H,18,19). The maximum absolute atomic E-state index is 12.0. The van der Waals surface area contributed by atoms with Crippen LogP contribution in [0.5, 0.6) is 0 Å². The number of hydrogen-bond acceptors (Lipinski definition) is 5. The Bertz CT molecular complexity index is 425. The molecule has 0 aromatic heterocycles. The second-order valence-electron chi connectivity index (χ2n) is 5.85. The van der Waals surface area contributed by atoms with Gasteiger partial charge in [0.25, 0.3) is 0 Å². The first-order valence-electron chi connectivity index (χ1n) is 8.08. The first-order chi connectivity index (χ1) is 11.2. The number of carboxylic acids is 1. The fourth-order valence-electron chi connectivity index (χ4n) is 3.06. The number of nitrogens with one attached hydrogen (secondary N) is 1. The summed E-state index contributed by atoms with van der Waals surface area (Å²) < 4.78 is 15.4. The monoisotopic (exact) mass is 327 g/mol. The molecule has 2 aliphatic carbocycles. The highest BCUT2D eigenvalue weighted by Gasteiger charge is 2.39. The molecule has 2 aliphatic rings. The zero-order valence-electron chi connectivity index (χ0n) is 13.2. The molecular weight excluding hydrogens is 302 g/mol. The Morgan fingerprint density at radius 1 is 1.00 bits per heavy atom. The Kier molecular flexibility index (Phi) is 7.51. The number of carbonyl (C=O) groups is 2. The number of aliphatic carboxylic acids is 1. The summed E-state index contributed by atoms with van der Waals surface area (Å²) in [6.45, 7) is 2.11. The summed E-state index contributed by atoms with van der Waals surface area (Å²) in [7, 11) is 0. The molecule has 0 saturated heterocycles. The van der Waals surface area contributed by atoms with Gasteiger partial charge in [-0.3, -0.25) is 4.79 Å². The van der Waals surface area contributed by atoms with Gasteiger partial charge in [-0.15, -0.1) is 0 Å². The first-order valence-corrected chi connectivity index (χ1v) is 8.08.